The van der Waals surface area contributed by atoms with Gasteiger partial charge < -0.3 is 19.7 Å². The van der Waals surface area contributed by atoms with Crippen LogP contribution in [0, 0.1) is 0 Å². The van der Waals surface area contributed by atoms with Crippen LogP contribution in [-0.4, -0.2) is 43.2 Å². The summed E-state index contributed by atoms with van der Waals surface area (Å²) in [7, 11) is 1.35. The molecule has 1 amide bonds. The first-order valence-electron chi connectivity index (χ1n) is 11.1. The molecule has 1 aromatic heterocycles. The summed E-state index contributed by atoms with van der Waals surface area (Å²) in [6.45, 7) is 1.26. The number of anilines is 1. The molecule has 5 rings (SSSR count). The topological polar surface area (TPSA) is 80.8 Å². The summed E-state index contributed by atoms with van der Waals surface area (Å²) in [5.41, 5.74) is 1.40. The Morgan fingerprint density at radius 2 is 1.79 bits per heavy atom. The van der Waals surface area contributed by atoms with Crippen molar-refractivity contribution in [2.24, 2.45) is 0 Å². The van der Waals surface area contributed by atoms with Crippen molar-refractivity contribution in [2.75, 3.05) is 25.1 Å². The van der Waals surface area contributed by atoms with Gasteiger partial charge in [0, 0.05) is 6.20 Å². The first kappa shape index (κ1) is 22.2. The lowest BCUT2D eigenvalue weighted by molar-refractivity contribution is 0.0600. The number of rotatable bonds is 7. The molecular weight excluding hydrogens is 454 g/mol. The zero-order valence-corrected chi connectivity index (χ0v) is 19.4. The number of carbonyl (C=O) groups excluding carboxylic acids is 2. The zero-order chi connectivity index (χ0) is 23.7. The summed E-state index contributed by atoms with van der Waals surface area (Å²) in [6.07, 6.45) is 3.21. The molecule has 0 bridgehead atoms. The van der Waals surface area contributed by atoms with Crippen LogP contribution < -0.4 is 15.0 Å². The Morgan fingerprint density at radius 3 is 2.44 bits per heavy atom. The van der Waals surface area contributed by atoms with Crippen molar-refractivity contribution in [3.63, 3.8) is 0 Å². The third-order valence-corrected chi connectivity index (χ3v) is 6.44. The normalized spacial score (nSPS) is 16.4. The number of amides is 1. The van der Waals surface area contributed by atoms with Crippen LogP contribution in [0.3, 0.4) is 0 Å². The minimum Gasteiger partial charge on any atom is -0.487 e. The van der Waals surface area contributed by atoms with E-state index in [9.17, 15) is 9.59 Å². The number of pyridine rings is 1. The number of benzene rings is 2. The molecule has 1 N–H and O–H groups in total. The van der Waals surface area contributed by atoms with Gasteiger partial charge in [-0.25, -0.2) is 9.78 Å². The molecule has 0 atom stereocenters. The van der Waals surface area contributed by atoms with Crippen LogP contribution >= 0.6 is 11.6 Å². The van der Waals surface area contributed by atoms with Crippen LogP contribution in [0.2, 0.25) is 5.02 Å². The Labute approximate surface area is 202 Å². The van der Waals surface area contributed by atoms with Crippen LogP contribution in [0.5, 0.6) is 5.75 Å². The Hall–Kier alpha value is -3.58. The molecule has 1 saturated carbocycles. The van der Waals surface area contributed by atoms with Crippen LogP contribution in [0.15, 0.2) is 66.9 Å². The van der Waals surface area contributed by atoms with E-state index in [1.54, 1.807) is 24.4 Å². The lowest BCUT2D eigenvalue weighted by Gasteiger charge is -2.40. The number of ether oxygens (including phenoxy) is 2. The number of carbonyl (C=O) groups is 2. The van der Waals surface area contributed by atoms with Crippen LogP contribution in [-0.2, 0) is 10.3 Å². The van der Waals surface area contributed by atoms with Gasteiger partial charge in [-0.05, 0) is 48.7 Å². The van der Waals surface area contributed by atoms with Crippen molar-refractivity contribution in [3.05, 3.63) is 88.6 Å². The van der Waals surface area contributed by atoms with Gasteiger partial charge in [0.2, 0.25) is 0 Å². The van der Waals surface area contributed by atoms with Gasteiger partial charge in [0.1, 0.15) is 17.7 Å². The van der Waals surface area contributed by atoms with Gasteiger partial charge in [0.25, 0.3) is 5.91 Å². The summed E-state index contributed by atoms with van der Waals surface area (Å²) in [4.78, 5) is 31.5. The highest BCUT2D eigenvalue weighted by Crippen LogP contribution is 2.46. The molecule has 8 heteroatoms. The molecule has 0 radical (unpaired) electrons. The number of nitrogens with one attached hydrogen (secondary N) is 1. The van der Waals surface area contributed by atoms with Crippen molar-refractivity contribution in [1.82, 2.24) is 10.3 Å². The maximum atomic E-state index is 13.3. The first-order valence-corrected chi connectivity index (χ1v) is 11.5. The van der Waals surface area contributed by atoms with Gasteiger partial charge in [-0.15, -0.1) is 0 Å². The molecule has 1 aliphatic carbocycles. The second kappa shape index (κ2) is 8.99. The van der Waals surface area contributed by atoms with E-state index in [2.05, 4.69) is 10.3 Å². The van der Waals surface area contributed by atoms with E-state index in [1.165, 1.54) is 7.11 Å². The van der Waals surface area contributed by atoms with Gasteiger partial charge >= 0.3 is 5.97 Å². The van der Waals surface area contributed by atoms with E-state index in [1.807, 2.05) is 47.4 Å². The Bertz CT molecular complexity index is 1210. The molecule has 1 saturated heterocycles. The fraction of sp³-hybridized carbons (Fsp3) is 0.269. The Kier molecular flexibility index (Phi) is 5.87. The lowest BCUT2D eigenvalue weighted by atomic mass is 10.0. The molecule has 2 aliphatic rings. The number of methoxy groups -OCH3 is 1. The van der Waals surface area contributed by atoms with E-state index in [4.69, 9.17) is 21.1 Å². The minimum absolute atomic E-state index is 0.0267. The minimum atomic E-state index is -0.459. The third-order valence-electron chi connectivity index (χ3n) is 6.23. The van der Waals surface area contributed by atoms with E-state index in [0.29, 0.717) is 35.1 Å². The number of esters is 1. The second-order valence-corrected chi connectivity index (χ2v) is 9.02. The highest BCUT2D eigenvalue weighted by atomic mass is 35.5. The molecule has 174 valence electrons. The predicted octanol–water partition coefficient (Wildman–Crippen LogP) is 4.21. The number of para-hydroxylation sites is 1. The molecule has 34 heavy (non-hydrogen) atoms. The molecule has 0 spiro atoms. The standard InChI is InChI=1S/C26H24ClN3O4/c1-33-25(32)17-7-9-18(10-8-17)26(11-12-26)29-24(31)22-13-19(27)14-28-23(22)30-15-21(16-30)34-20-5-3-2-4-6-20/h2-10,13-14,21H,11-12,15-16H2,1H3,(H,29,31). The number of halogens is 1. The van der Waals surface area contributed by atoms with Crippen molar-refractivity contribution in [3.8, 4) is 5.75 Å². The van der Waals surface area contributed by atoms with Crippen LogP contribution in [0.25, 0.3) is 0 Å². The number of aromatic nitrogens is 1. The first-order chi connectivity index (χ1) is 16.5. The molecule has 0 unspecified atom stereocenters. The van der Waals surface area contributed by atoms with Gasteiger partial charge in [-0.3, -0.25) is 4.79 Å². The van der Waals surface area contributed by atoms with Crippen molar-refractivity contribution >= 4 is 29.3 Å². The highest BCUT2D eigenvalue weighted by molar-refractivity contribution is 6.31. The number of nitrogens with zero attached hydrogens (tertiary/aromatic N) is 2. The van der Waals surface area contributed by atoms with Gasteiger partial charge in [0.15, 0.2) is 0 Å². The summed E-state index contributed by atoms with van der Waals surface area (Å²) in [5, 5.41) is 3.57. The van der Waals surface area contributed by atoms with Crippen LogP contribution in [0.4, 0.5) is 5.82 Å². The van der Waals surface area contributed by atoms with Gasteiger partial charge in [0.05, 0.1) is 41.9 Å². The molecule has 3 aromatic rings. The molecular formula is C26H24ClN3O4. The highest BCUT2D eigenvalue weighted by Gasteiger charge is 2.46. The predicted molar refractivity (Wildman–Crippen MR) is 128 cm³/mol. The Morgan fingerprint density at radius 1 is 1.09 bits per heavy atom. The van der Waals surface area contributed by atoms with E-state index < -0.39 is 5.54 Å². The molecule has 1 aliphatic heterocycles. The maximum absolute atomic E-state index is 13.3. The average Bonchev–Trinajstić information content (AvgIpc) is 3.62. The second-order valence-electron chi connectivity index (χ2n) is 8.59. The summed E-state index contributed by atoms with van der Waals surface area (Å²) in [6, 6.07) is 18.5. The van der Waals surface area contributed by atoms with E-state index >= 15 is 0 Å². The molecule has 7 nitrogen and oxygen atoms in total. The third kappa shape index (κ3) is 4.43. The van der Waals surface area contributed by atoms with Crippen LogP contribution in [0.1, 0.15) is 39.1 Å². The van der Waals surface area contributed by atoms with Gasteiger partial charge in [-0.2, -0.15) is 0 Å². The maximum Gasteiger partial charge on any atom is 0.337 e. The zero-order valence-electron chi connectivity index (χ0n) is 18.7. The van der Waals surface area contributed by atoms with E-state index in [0.717, 1.165) is 24.2 Å². The summed E-state index contributed by atoms with van der Waals surface area (Å²) >= 11 is 6.20. The molecule has 2 aromatic carbocycles. The Balaban J connectivity index is 1.29. The molecule has 2 fully saturated rings. The monoisotopic (exact) mass is 477 g/mol. The quantitative estimate of drug-likeness (QED) is 0.513. The molecule has 2 heterocycles. The number of hydrogen-bond acceptors (Lipinski definition) is 6. The lowest BCUT2D eigenvalue weighted by Crippen LogP contribution is -2.55. The van der Waals surface area contributed by atoms with Crippen molar-refractivity contribution < 1.29 is 19.1 Å². The number of hydrogen-bond donors (Lipinski definition) is 1. The SMILES string of the molecule is COC(=O)c1ccc(C2(NC(=O)c3cc(Cl)cnc3N3CC(Oc4ccccc4)C3)CC2)cc1. The fourth-order valence-electron chi connectivity index (χ4n) is 4.17. The van der Waals surface area contributed by atoms with E-state index in [-0.39, 0.29) is 18.0 Å². The van der Waals surface area contributed by atoms with Crippen molar-refractivity contribution in [1.29, 1.82) is 0 Å². The average molecular weight is 478 g/mol. The van der Waals surface area contributed by atoms with Crippen molar-refractivity contribution in [2.45, 2.75) is 24.5 Å². The smallest absolute Gasteiger partial charge is 0.337 e. The largest absolute Gasteiger partial charge is 0.487 e. The summed E-state index contributed by atoms with van der Waals surface area (Å²) in [5.74, 6) is 0.792. The fourth-order valence-corrected chi connectivity index (χ4v) is 4.32. The van der Waals surface area contributed by atoms with Gasteiger partial charge in [-0.1, -0.05) is 41.9 Å². The summed E-state index contributed by atoms with van der Waals surface area (Å²) < 4.78 is 10.7.